The van der Waals surface area contributed by atoms with Crippen molar-refractivity contribution >= 4 is 7.60 Å². The Balaban J connectivity index is 0. The van der Waals surface area contributed by atoms with Crippen molar-refractivity contribution in [2.24, 2.45) is 0 Å². The number of rotatable bonds is 11. The third-order valence-corrected chi connectivity index (χ3v) is 4.05. The fourth-order valence-electron chi connectivity index (χ4n) is 1.54. The summed E-state index contributed by atoms with van der Waals surface area (Å²) < 4.78 is 16.6. The minimum atomic E-state index is -3.28. The van der Waals surface area contributed by atoms with E-state index in [9.17, 15) is 9.46 Å². The zero-order valence-corrected chi connectivity index (χ0v) is 13.1. The molecule has 1 atom stereocenters. The van der Waals surface area contributed by atoms with E-state index in [1.54, 1.807) is 0 Å². The minimum absolute atomic E-state index is 0. The van der Waals surface area contributed by atoms with Gasteiger partial charge in [0.1, 0.15) is 0 Å². The van der Waals surface area contributed by atoms with Crippen LogP contribution in [-0.4, -0.2) is 17.7 Å². The van der Waals surface area contributed by atoms with Crippen LogP contribution in [0.15, 0.2) is 0 Å². The van der Waals surface area contributed by atoms with Crippen LogP contribution >= 0.6 is 7.60 Å². The van der Waals surface area contributed by atoms with Gasteiger partial charge in [0.15, 0.2) is 0 Å². The molecule has 0 bridgehead atoms. The van der Waals surface area contributed by atoms with Crippen molar-refractivity contribution in [1.82, 2.24) is 0 Å². The molecule has 0 aliphatic carbocycles. The molecule has 0 aromatic heterocycles. The molecule has 17 heavy (non-hydrogen) atoms. The smallest absolute Gasteiger partial charge is 0.324 e. The molecule has 0 saturated carbocycles. The quantitative estimate of drug-likeness (QED) is 0.351. The molecule has 0 heterocycles. The molecule has 0 rings (SSSR count). The third kappa shape index (κ3) is 14.6. The molecule has 0 aliphatic heterocycles. The van der Waals surface area contributed by atoms with E-state index >= 15 is 0 Å². The average molecular weight is 306 g/mol. The fourth-order valence-corrected chi connectivity index (χ4v) is 2.71. The molecule has 0 amide bonds. The Labute approximate surface area is 117 Å². The molecular weight excluding hydrogens is 279 g/mol. The van der Waals surface area contributed by atoms with Crippen molar-refractivity contribution in [3.63, 3.8) is 0 Å². The van der Waals surface area contributed by atoms with E-state index in [-0.39, 0.29) is 17.1 Å². The Bertz CT molecular complexity index is 200. The van der Waals surface area contributed by atoms with Gasteiger partial charge >= 0.3 is 7.60 Å². The van der Waals surface area contributed by atoms with E-state index in [2.05, 4.69) is 13.8 Å². The van der Waals surface area contributed by atoms with Crippen molar-refractivity contribution in [2.45, 2.75) is 65.2 Å². The SMILES string of the molecule is CCCCCCOP(=O)(O)CCCCCC.[Fe]. The van der Waals surface area contributed by atoms with Crippen LogP contribution < -0.4 is 0 Å². The van der Waals surface area contributed by atoms with Gasteiger partial charge in [-0.3, -0.25) is 4.57 Å². The largest absolute Gasteiger partial charge is 0.328 e. The molecule has 0 aliphatic rings. The van der Waals surface area contributed by atoms with E-state index in [0.717, 1.165) is 38.5 Å². The van der Waals surface area contributed by atoms with Crippen LogP contribution in [0.25, 0.3) is 0 Å². The predicted octanol–water partition coefficient (Wildman–Crippen LogP) is 4.35. The standard InChI is InChI=1S/C12H27O3P.Fe/c1-3-5-7-9-11-15-16(13,14)12-10-8-6-4-2;/h3-12H2,1-2H3,(H,13,14);. The van der Waals surface area contributed by atoms with Gasteiger partial charge < -0.3 is 9.42 Å². The fraction of sp³-hybridized carbons (Fsp3) is 1.00. The number of hydrogen-bond acceptors (Lipinski definition) is 2. The molecule has 0 fully saturated rings. The summed E-state index contributed by atoms with van der Waals surface area (Å²) in [5.41, 5.74) is 0. The summed E-state index contributed by atoms with van der Waals surface area (Å²) in [6, 6.07) is 0. The molecule has 3 nitrogen and oxygen atoms in total. The normalized spacial score (nSPS) is 14.1. The van der Waals surface area contributed by atoms with E-state index in [1.165, 1.54) is 12.8 Å². The summed E-state index contributed by atoms with van der Waals surface area (Å²) in [7, 11) is -3.28. The van der Waals surface area contributed by atoms with Crippen molar-refractivity contribution in [3.05, 3.63) is 0 Å². The van der Waals surface area contributed by atoms with Crippen LogP contribution in [0.1, 0.15) is 65.2 Å². The van der Waals surface area contributed by atoms with Gasteiger partial charge in [-0.15, -0.1) is 0 Å². The second-order valence-corrected chi connectivity index (χ2v) is 6.30. The van der Waals surface area contributed by atoms with Crippen LogP contribution in [0, 0.1) is 0 Å². The molecule has 5 heteroatoms. The Morgan fingerprint density at radius 3 is 2.00 bits per heavy atom. The second-order valence-electron chi connectivity index (χ2n) is 4.32. The third-order valence-electron chi connectivity index (χ3n) is 2.59. The first-order chi connectivity index (χ1) is 7.62. The van der Waals surface area contributed by atoms with E-state index in [1.807, 2.05) is 0 Å². The molecule has 0 spiro atoms. The molecule has 0 radical (unpaired) electrons. The average Bonchev–Trinajstić information content (AvgIpc) is 2.24. The molecule has 1 unspecified atom stereocenters. The van der Waals surface area contributed by atoms with Crippen molar-refractivity contribution < 1.29 is 31.1 Å². The molecule has 0 saturated heterocycles. The van der Waals surface area contributed by atoms with E-state index < -0.39 is 7.60 Å². The first-order valence-corrected chi connectivity index (χ1v) is 8.35. The summed E-state index contributed by atoms with van der Waals surface area (Å²) in [5.74, 6) is 0. The van der Waals surface area contributed by atoms with Gasteiger partial charge in [-0.1, -0.05) is 52.4 Å². The number of hydrogen-bond donors (Lipinski definition) is 1. The summed E-state index contributed by atoms with van der Waals surface area (Å²) in [4.78, 5) is 9.50. The maximum atomic E-state index is 11.5. The summed E-state index contributed by atoms with van der Waals surface area (Å²) in [5, 5.41) is 0. The Kier molecular flexibility index (Phi) is 15.4. The van der Waals surface area contributed by atoms with Gasteiger partial charge in [-0.2, -0.15) is 0 Å². The van der Waals surface area contributed by atoms with Gasteiger partial charge in [0, 0.05) is 23.2 Å². The second kappa shape index (κ2) is 13.1. The van der Waals surface area contributed by atoms with Crippen LogP contribution in [0.5, 0.6) is 0 Å². The first-order valence-electron chi connectivity index (χ1n) is 6.58. The van der Waals surface area contributed by atoms with Gasteiger partial charge in [-0.25, -0.2) is 0 Å². The maximum absolute atomic E-state index is 11.5. The first kappa shape index (κ1) is 20.0. The summed E-state index contributed by atoms with van der Waals surface area (Å²) >= 11 is 0. The molecule has 0 aromatic carbocycles. The molecular formula is C12H27FeO3P. The molecule has 106 valence electrons. The van der Waals surface area contributed by atoms with E-state index in [4.69, 9.17) is 4.52 Å². The predicted molar refractivity (Wildman–Crippen MR) is 68.9 cm³/mol. The van der Waals surface area contributed by atoms with Crippen molar-refractivity contribution in [3.8, 4) is 0 Å². The Morgan fingerprint density at radius 1 is 0.941 bits per heavy atom. The van der Waals surface area contributed by atoms with E-state index in [0.29, 0.717) is 12.8 Å². The van der Waals surface area contributed by atoms with Gasteiger partial charge in [0.05, 0.1) is 6.61 Å². The topological polar surface area (TPSA) is 46.5 Å². The molecule has 0 aromatic rings. The van der Waals surface area contributed by atoms with Crippen molar-refractivity contribution in [1.29, 1.82) is 0 Å². The van der Waals surface area contributed by atoms with Crippen LogP contribution in [0.3, 0.4) is 0 Å². The number of unbranched alkanes of at least 4 members (excludes halogenated alkanes) is 6. The van der Waals surface area contributed by atoms with Gasteiger partial charge in [0.2, 0.25) is 0 Å². The Morgan fingerprint density at radius 2 is 1.47 bits per heavy atom. The minimum Gasteiger partial charge on any atom is -0.324 e. The van der Waals surface area contributed by atoms with Crippen LogP contribution in [-0.2, 0) is 26.2 Å². The van der Waals surface area contributed by atoms with Crippen LogP contribution in [0.4, 0.5) is 0 Å². The monoisotopic (exact) mass is 306 g/mol. The molecule has 1 N–H and O–H groups in total. The summed E-state index contributed by atoms with van der Waals surface area (Å²) in [6.07, 6.45) is 8.77. The zero-order valence-electron chi connectivity index (χ0n) is 11.1. The van der Waals surface area contributed by atoms with Crippen molar-refractivity contribution in [2.75, 3.05) is 12.8 Å². The van der Waals surface area contributed by atoms with Crippen LogP contribution in [0.2, 0.25) is 0 Å². The Hall–Kier alpha value is 0.669. The summed E-state index contributed by atoms with van der Waals surface area (Å²) in [6.45, 7) is 4.70. The van der Waals surface area contributed by atoms with Gasteiger partial charge in [-0.05, 0) is 12.8 Å². The maximum Gasteiger partial charge on any atom is 0.328 e. The van der Waals surface area contributed by atoms with Gasteiger partial charge in [0.25, 0.3) is 0 Å². The zero-order chi connectivity index (χ0) is 12.3.